The van der Waals surface area contributed by atoms with E-state index < -0.39 is 0 Å². The first-order chi connectivity index (χ1) is 9.81. The van der Waals surface area contributed by atoms with Crippen LogP contribution in [0.3, 0.4) is 0 Å². The first kappa shape index (κ1) is 12.1. The second kappa shape index (κ2) is 4.72. The van der Waals surface area contributed by atoms with Gasteiger partial charge in [0.15, 0.2) is 0 Å². The third-order valence-electron chi connectivity index (χ3n) is 4.58. The number of hydrogen-bond donors (Lipinski definition) is 1. The zero-order chi connectivity index (χ0) is 13.5. The summed E-state index contributed by atoms with van der Waals surface area (Å²) < 4.78 is 0. The van der Waals surface area contributed by atoms with Crippen molar-refractivity contribution in [3.63, 3.8) is 0 Å². The molecule has 3 aliphatic rings. The number of fused-ring (bicyclic) bond motifs is 1. The van der Waals surface area contributed by atoms with Crippen molar-refractivity contribution in [3.8, 4) is 0 Å². The SMILES string of the molecule is O=C(NC1CC1)C1CN(c2ncnc3c2CCCC3)C1. The van der Waals surface area contributed by atoms with E-state index in [-0.39, 0.29) is 11.8 Å². The van der Waals surface area contributed by atoms with Gasteiger partial charge in [0.25, 0.3) is 0 Å². The van der Waals surface area contributed by atoms with E-state index in [1.54, 1.807) is 6.33 Å². The highest BCUT2D eigenvalue weighted by Crippen LogP contribution is 2.31. The molecule has 1 saturated heterocycles. The predicted octanol–water partition coefficient (Wildman–Crippen LogP) is 1.07. The van der Waals surface area contributed by atoms with Crippen LogP contribution in [0.5, 0.6) is 0 Å². The van der Waals surface area contributed by atoms with Crippen molar-refractivity contribution in [1.29, 1.82) is 0 Å². The maximum Gasteiger partial charge on any atom is 0.226 e. The van der Waals surface area contributed by atoms with Crippen LogP contribution in [0.25, 0.3) is 0 Å². The maximum atomic E-state index is 12.0. The zero-order valence-corrected chi connectivity index (χ0v) is 11.6. The van der Waals surface area contributed by atoms with Crippen LogP contribution in [0.4, 0.5) is 5.82 Å². The average molecular weight is 272 g/mol. The molecule has 0 unspecified atom stereocenters. The fourth-order valence-electron chi connectivity index (χ4n) is 3.14. The average Bonchev–Trinajstić information content (AvgIpc) is 3.21. The molecular weight excluding hydrogens is 252 g/mol. The molecule has 1 N–H and O–H groups in total. The number of nitrogens with zero attached hydrogens (tertiary/aromatic N) is 3. The van der Waals surface area contributed by atoms with Gasteiger partial charge in [-0.1, -0.05) is 0 Å². The summed E-state index contributed by atoms with van der Waals surface area (Å²) in [6.45, 7) is 1.62. The first-order valence-electron chi connectivity index (χ1n) is 7.69. The van der Waals surface area contributed by atoms with Crippen LogP contribution in [0.1, 0.15) is 36.9 Å². The van der Waals surface area contributed by atoms with Gasteiger partial charge in [-0.15, -0.1) is 0 Å². The number of nitrogens with one attached hydrogen (secondary N) is 1. The number of carbonyl (C=O) groups is 1. The lowest BCUT2D eigenvalue weighted by molar-refractivity contribution is -0.125. The highest BCUT2D eigenvalue weighted by molar-refractivity contribution is 5.82. The minimum absolute atomic E-state index is 0.143. The number of rotatable bonds is 3. The Morgan fingerprint density at radius 3 is 2.80 bits per heavy atom. The Morgan fingerprint density at radius 1 is 1.20 bits per heavy atom. The van der Waals surface area contributed by atoms with Crippen molar-refractivity contribution in [2.75, 3.05) is 18.0 Å². The number of aromatic nitrogens is 2. The Kier molecular flexibility index (Phi) is 2.86. The lowest BCUT2D eigenvalue weighted by atomic mass is 9.93. The Hall–Kier alpha value is -1.65. The van der Waals surface area contributed by atoms with E-state index >= 15 is 0 Å². The quantitative estimate of drug-likeness (QED) is 0.894. The van der Waals surface area contributed by atoms with Crippen LogP contribution in [-0.4, -0.2) is 35.0 Å². The zero-order valence-electron chi connectivity index (χ0n) is 11.6. The minimum Gasteiger partial charge on any atom is -0.355 e. The summed E-state index contributed by atoms with van der Waals surface area (Å²) in [4.78, 5) is 23.1. The van der Waals surface area contributed by atoms with Gasteiger partial charge >= 0.3 is 0 Å². The molecule has 5 heteroatoms. The highest BCUT2D eigenvalue weighted by atomic mass is 16.2. The fraction of sp³-hybridized carbons (Fsp3) is 0.667. The molecule has 2 fully saturated rings. The Bertz CT molecular complexity index is 535. The molecule has 1 aromatic rings. The van der Waals surface area contributed by atoms with E-state index in [0.717, 1.165) is 44.6 Å². The summed E-state index contributed by atoms with van der Waals surface area (Å²) in [7, 11) is 0. The third-order valence-corrected chi connectivity index (χ3v) is 4.58. The molecule has 0 spiro atoms. The number of hydrogen-bond acceptors (Lipinski definition) is 4. The summed E-state index contributed by atoms with van der Waals surface area (Å²) in [6.07, 6.45) is 8.61. The lowest BCUT2D eigenvalue weighted by Crippen LogP contribution is -2.54. The van der Waals surface area contributed by atoms with E-state index in [0.29, 0.717) is 6.04 Å². The molecular formula is C15H20N4O. The summed E-state index contributed by atoms with van der Waals surface area (Å²) >= 11 is 0. The van der Waals surface area contributed by atoms with Gasteiger partial charge in [-0.05, 0) is 38.5 Å². The van der Waals surface area contributed by atoms with Crippen LogP contribution < -0.4 is 10.2 Å². The van der Waals surface area contributed by atoms with Crippen molar-refractivity contribution >= 4 is 11.7 Å². The molecule has 4 rings (SSSR count). The largest absolute Gasteiger partial charge is 0.355 e. The number of carbonyl (C=O) groups excluding carboxylic acids is 1. The molecule has 20 heavy (non-hydrogen) atoms. The molecule has 1 aliphatic heterocycles. The Labute approximate surface area is 118 Å². The maximum absolute atomic E-state index is 12.0. The van der Waals surface area contributed by atoms with E-state index in [9.17, 15) is 4.79 Å². The molecule has 0 aromatic carbocycles. The fourth-order valence-corrected chi connectivity index (χ4v) is 3.14. The molecule has 2 aliphatic carbocycles. The molecule has 1 saturated carbocycles. The summed E-state index contributed by atoms with van der Waals surface area (Å²) in [6, 6.07) is 0.461. The summed E-state index contributed by atoms with van der Waals surface area (Å²) in [5.41, 5.74) is 2.53. The van der Waals surface area contributed by atoms with E-state index in [1.165, 1.54) is 24.1 Å². The second-order valence-corrected chi connectivity index (χ2v) is 6.21. The molecule has 0 bridgehead atoms. The number of aryl methyl sites for hydroxylation is 1. The van der Waals surface area contributed by atoms with Crippen LogP contribution in [-0.2, 0) is 17.6 Å². The Balaban J connectivity index is 1.44. The van der Waals surface area contributed by atoms with E-state index in [1.807, 2.05) is 0 Å². The van der Waals surface area contributed by atoms with Crippen LogP contribution in [0.15, 0.2) is 6.33 Å². The second-order valence-electron chi connectivity index (χ2n) is 6.21. The summed E-state index contributed by atoms with van der Waals surface area (Å²) in [5.74, 6) is 1.45. The summed E-state index contributed by atoms with van der Waals surface area (Å²) in [5, 5.41) is 3.09. The van der Waals surface area contributed by atoms with Crippen LogP contribution in [0.2, 0.25) is 0 Å². The first-order valence-corrected chi connectivity index (χ1v) is 7.69. The Morgan fingerprint density at radius 2 is 2.00 bits per heavy atom. The van der Waals surface area contributed by atoms with Gasteiger partial charge in [0.2, 0.25) is 5.91 Å². The van der Waals surface area contributed by atoms with Gasteiger partial charge in [0.1, 0.15) is 12.1 Å². The van der Waals surface area contributed by atoms with Gasteiger partial charge in [0.05, 0.1) is 5.92 Å². The third kappa shape index (κ3) is 2.15. The molecule has 1 aromatic heterocycles. The standard InChI is InChI=1S/C15H20N4O/c20-15(18-11-5-6-11)10-7-19(8-10)14-12-3-1-2-4-13(12)16-9-17-14/h9-11H,1-8H2,(H,18,20). The topological polar surface area (TPSA) is 58.1 Å². The van der Waals surface area contributed by atoms with Crippen molar-refractivity contribution in [1.82, 2.24) is 15.3 Å². The van der Waals surface area contributed by atoms with Gasteiger partial charge in [0, 0.05) is 30.4 Å². The molecule has 106 valence electrons. The van der Waals surface area contributed by atoms with Crippen molar-refractivity contribution in [3.05, 3.63) is 17.6 Å². The highest BCUT2D eigenvalue weighted by Gasteiger charge is 2.37. The molecule has 0 radical (unpaired) electrons. The molecule has 2 heterocycles. The van der Waals surface area contributed by atoms with Crippen molar-refractivity contribution in [2.45, 2.75) is 44.6 Å². The smallest absolute Gasteiger partial charge is 0.226 e. The minimum atomic E-state index is 0.143. The van der Waals surface area contributed by atoms with Crippen LogP contribution in [0, 0.1) is 5.92 Å². The number of anilines is 1. The van der Waals surface area contributed by atoms with Crippen LogP contribution >= 0.6 is 0 Å². The monoisotopic (exact) mass is 272 g/mol. The lowest BCUT2D eigenvalue weighted by Gasteiger charge is -2.40. The van der Waals surface area contributed by atoms with Gasteiger partial charge in [-0.3, -0.25) is 4.79 Å². The van der Waals surface area contributed by atoms with Gasteiger partial charge in [-0.25, -0.2) is 9.97 Å². The van der Waals surface area contributed by atoms with Gasteiger partial charge in [-0.2, -0.15) is 0 Å². The van der Waals surface area contributed by atoms with Crippen molar-refractivity contribution in [2.24, 2.45) is 5.92 Å². The molecule has 5 nitrogen and oxygen atoms in total. The van der Waals surface area contributed by atoms with E-state index in [4.69, 9.17) is 0 Å². The molecule has 1 amide bonds. The number of amides is 1. The normalized spacial score (nSPS) is 22.1. The molecule has 0 atom stereocenters. The predicted molar refractivity (Wildman–Crippen MR) is 75.5 cm³/mol. The van der Waals surface area contributed by atoms with Crippen molar-refractivity contribution < 1.29 is 4.79 Å². The van der Waals surface area contributed by atoms with Gasteiger partial charge < -0.3 is 10.2 Å². The van der Waals surface area contributed by atoms with E-state index in [2.05, 4.69) is 20.2 Å².